The van der Waals surface area contributed by atoms with Crippen molar-refractivity contribution in [3.8, 4) is 11.3 Å². The molecule has 7 nitrogen and oxygen atoms in total. The number of amides is 1. The molecule has 7 heteroatoms. The number of carboxylic acids is 1. The van der Waals surface area contributed by atoms with Crippen LogP contribution >= 0.6 is 0 Å². The number of hydrogen-bond donors (Lipinski definition) is 2. The van der Waals surface area contributed by atoms with E-state index in [2.05, 4.69) is 10.4 Å². The number of carboxylic acid groups (broad SMARTS) is 1. The van der Waals surface area contributed by atoms with Crippen LogP contribution in [0.2, 0.25) is 0 Å². The van der Waals surface area contributed by atoms with Gasteiger partial charge in [-0.1, -0.05) is 30.3 Å². The molecule has 0 saturated carbocycles. The van der Waals surface area contributed by atoms with Crippen molar-refractivity contribution in [1.29, 1.82) is 0 Å². The molecule has 1 aromatic heterocycles. The minimum absolute atomic E-state index is 0.351. The second-order valence-corrected chi connectivity index (χ2v) is 5.56. The van der Waals surface area contributed by atoms with Gasteiger partial charge in [0.1, 0.15) is 12.1 Å². The number of nitrogens with one attached hydrogen (secondary N) is 1. The predicted molar refractivity (Wildman–Crippen MR) is 83.8 cm³/mol. The lowest BCUT2D eigenvalue weighted by atomic mass is 10.1. The number of hydrogen-bond acceptors (Lipinski definition) is 4. The van der Waals surface area contributed by atoms with Crippen LogP contribution in [0.25, 0.3) is 11.3 Å². The zero-order valence-corrected chi connectivity index (χ0v) is 12.8. The quantitative estimate of drug-likeness (QED) is 0.853. The van der Waals surface area contributed by atoms with Crippen LogP contribution in [0.5, 0.6) is 0 Å². The van der Waals surface area contributed by atoms with E-state index >= 15 is 0 Å². The van der Waals surface area contributed by atoms with E-state index in [4.69, 9.17) is 5.11 Å². The number of rotatable bonds is 5. The van der Waals surface area contributed by atoms with Crippen molar-refractivity contribution < 1.29 is 14.7 Å². The first-order valence-corrected chi connectivity index (χ1v) is 6.97. The van der Waals surface area contributed by atoms with Crippen molar-refractivity contribution >= 4 is 11.9 Å². The van der Waals surface area contributed by atoms with E-state index in [1.807, 2.05) is 30.3 Å². The number of carbonyl (C=O) groups is 2. The summed E-state index contributed by atoms with van der Waals surface area (Å²) >= 11 is 0. The Bertz CT molecular complexity index is 781. The zero-order chi connectivity index (χ0) is 17.0. The van der Waals surface area contributed by atoms with Gasteiger partial charge in [0.2, 0.25) is 5.91 Å². The van der Waals surface area contributed by atoms with Crippen molar-refractivity contribution in [2.24, 2.45) is 0 Å². The molecule has 0 bridgehead atoms. The molecule has 1 aromatic carbocycles. The smallest absolute Gasteiger partial charge is 0.328 e. The normalized spacial score (nSPS) is 11.0. The Morgan fingerprint density at radius 2 is 1.83 bits per heavy atom. The molecule has 2 aromatic rings. The summed E-state index contributed by atoms with van der Waals surface area (Å²) in [5.74, 6) is -1.76. The molecule has 0 aliphatic heterocycles. The van der Waals surface area contributed by atoms with Crippen LogP contribution in [0.1, 0.15) is 13.8 Å². The van der Waals surface area contributed by atoms with E-state index in [0.717, 1.165) is 10.2 Å². The third kappa shape index (κ3) is 4.03. The van der Waals surface area contributed by atoms with Gasteiger partial charge >= 0.3 is 5.97 Å². The van der Waals surface area contributed by atoms with Gasteiger partial charge in [0, 0.05) is 11.6 Å². The average Bonchev–Trinajstić information content (AvgIpc) is 2.49. The molecule has 0 saturated heterocycles. The Kier molecular flexibility index (Phi) is 4.59. The molecule has 0 radical (unpaired) electrons. The summed E-state index contributed by atoms with van der Waals surface area (Å²) in [6.45, 7) is 2.38. The number of benzene rings is 1. The van der Waals surface area contributed by atoms with Gasteiger partial charge in [0.25, 0.3) is 5.56 Å². The molecule has 23 heavy (non-hydrogen) atoms. The fourth-order valence-corrected chi connectivity index (χ4v) is 1.90. The lowest BCUT2D eigenvalue weighted by Gasteiger charge is -2.21. The second-order valence-electron chi connectivity index (χ2n) is 5.56. The first-order chi connectivity index (χ1) is 10.8. The number of nitrogens with zero attached hydrogens (tertiary/aromatic N) is 2. The molecule has 0 aliphatic carbocycles. The Balaban J connectivity index is 2.22. The standard InChI is InChI=1S/C16H17N3O4/c1-16(2,15(22)23)17-13(20)10-19-14(21)9-8-12(18-19)11-6-4-3-5-7-11/h3-9H,10H2,1-2H3,(H,17,20)(H,22,23). The van der Waals surface area contributed by atoms with Crippen LogP contribution in [0.15, 0.2) is 47.3 Å². The van der Waals surface area contributed by atoms with Crippen LogP contribution in [-0.2, 0) is 16.1 Å². The van der Waals surface area contributed by atoms with E-state index in [0.29, 0.717) is 5.69 Å². The summed E-state index contributed by atoms with van der Waals surface area (Å²) in [6.07, 6.45) is 0. The summed E-state index contributed by atoms with van der Waals surface area (Å²) in [5, 5.41) is 15.5. The molecular weight excluding hydrogens is 298 g/mol. The Morgan fingerprint density at radius 1 is 1.17 bits per heavy atom. The highest BCUT2D eigenvalue weighted by atomic mass is 16.4. The molecule has 0 atom stereocenters. The van der Waals surface area contributed by atoms with E-state index in [9.17, 15) is 14.4 Å². The first-order valence-electron chi connectivity index (χ1n) is 6.97. The maximum Gasteiger partial charge on any atom is 0.328 e. The molecule has 120 valence electrons. The molecule has 2 N–H and O–H groups in total. The van der Waals surface area contributed by atoms with Crippen LogP contribution in [-0.4, -0.2) is 32.3 Å². The fraction of sp³-hybridized carbons (Fsp3) is 0.250. The zero-order valence-electron chi connectivity index (χ0n) is 12.8. The van der Waals surface area contributed by atoms with Crippen LogP contribution in [0, 0.1) is 0 Å². The largest absolute Gasteiger partial charge is 0.480 e. The maximum atomic E-state index is 12.0. The van der Waals surface area contributed by atoms with E-state index in [1.54, 1.807) is 6.07 Å². The van der Waals surface area contributed by atoms with Gasteiger partial charge in [0.05, 0.1) is 5.69 Å². The van der Waals surface area contributed by atoms with Gasteiger partial charge in [-0.25, -0.2) is 9.48 Å². The van der Waals surface area contributed by atoms with Gasteiger partial charge in [0.15, 0.2) is 0 Å². The van der Waals surface area contributed by atoms with Gasteiger partial charge in [-0.2, -0.15) is 5.10 Å². The third-order valence-corrected chi connectivity index (χ3v) is 3.22. The second kappa shape index (κ2) is 6.43. The van der Waals surface area contributed by atoms with Crippen LogP contribution in [0.3, 0.4) is 0 Å². The third-order valence-electron chi connectivity index (χ3n) is 3.22. The summed E-state index contributed by atoms with van der Waals surface area (Å²) in [5.41, 5.74) is -0.492. The monoisotopic (exact) mass is 315 g/mol. The topological polar surface area (TPSA) is 101 Å². The van der Waals surface area contributed by atoms with E-state index < -0.39 is 23.0 Å². The van der Waals surface area contributed by atoms with Crippen LogP contribution in [0.4, 0.5) is 0 Å². The van der Waals surface area contributed by atoms with Gasteiger partial charge in [-0.15, -0.1) is 0 Å². The van der Waals surface area contributed by atoms with E-state index in [1.165, 1.54) is 19.9 Å². The SMILES string of the molecule is CC(C)(NC(=O)Cn1nc(-c2ccccc2)ccc1=O)C(=O)O. The maximum absolute atomic E-state index is 12.0. The minimum Gasteiger partial charge on any atom is -0.480 e. The Labute approximate surface area is 132 Å². The van der Waals surface area contributed by atoms with Gasteiger partial charge < -0.3 is 10.4 Å². The Hall–Kier alpha value is -2.96. The first kappa shape index (κ1) is 16.4. The van der Waals surface area contributed by atoms with Crippen molar-refractivity contribution in [2.75, 3.05) is 0 Å². The molecular formula is C16H17N3O4. The molecule has 0 fully saturated rings. The molecule has 0 spiro atoms. The number of carbonyl (C=O) groups excluding carboxylic acids is 1. The summed E-state index contributed by atoms with van der Waals surface area (Å²) in [7, 11) is 0. The van der Waals surface area contributed by atoms with Crippen LogP contribution < -0.4 is 10.9 Å². The molecule has 0 aliphatic rings. The highest BCUT2D eigenvalue weighted by Crippen LogP contribution is 2.13. The lowest BCUT2D eigenvalue weighted by Crippen LogP contribution is -2.51. The fourth-order valence-electron chi connectivity index (χ4n) is 1.90. The average molecular weight is 315 g/mol. The molecule has 0 unspecified atom stereocenters. The Morgan fingerprint density at radius 3 is 2.43 bits per heavy atom. The summed E-state index contributed by atoms with van der Waals surface area (Å²) in [4.78, 5) is 34.8. The highest BCUT2D eigenvalue weighted by molar-refractivity contribution is 5.86. The van der Waals surface area contributed by atoms with Gasteiger partial charge in [-0.3, -0.25) is 9.59 Å². The predicted octanol–water partition coefficient (Wildman–Crippen LogP) is 0.890. The number of aromatic nitrogens is 2. The highest BCUT2D eigenvalue weighted by Gasteiger charge is 2.29. The molecule has 1 amide bonds. The minimum atomic E-state index is -1.42. The van der Waals surface area contributed by atoms with Crippen molar-refractivity contribution in [1.82, 2.24) is 15.1 Å². The molecule has 1 heterocycles. The van der Waals surface area contributed by atoms with Crippen molar-refractivity contribution in [2.45, 2.75) is 25.9 Å². The lowest BCUT2D eigenvalue weighted by molar-refractivity contribution is -0.146. The molecule has 2 rings (SSSR count). The van der Waals surface area contributed by atoms with Crippen molar-refractivity contribution in [3.63, 3.8) is 0 Å². The summed E-state index contributed by atoms with van der Waals surface area (Å²) < 4.78 is 1.01. The number of aliphatic carboxylic acids is 1. The van der Waals surface area contributed by atoms with E-state index in [-0.39, 0.29) is 6.54 Å². The van der Waals surface area contributed by atoms with Crippen molar-refractivity contribution in [3.05, 3.63) is 52.8 Å². The van der Waals surface area contributed by atoms with Gasteiger partial charge in [-0.05, 0) is 19.9 Å². The summed E-state index contributed by atoms with van der Waals surface area (Å²) in [6, 6.07) is 12.1.